The second-order valence-corrected chi connectivity index (χ2v) is 6.28. The summed E-state index contributed by atoms with van der Waals surface area (Å²) in [7, 11) is 0. The van der Waals surface area contributed by atoms with Crippen LogP contribution in [0.15, 0.2) is 30.3 Å². The Hall–Kier alpha value is -1.43. The molecule has 0 unspecified atom stereocenters. The SMILES string of the molecule is N#Cc1ccc(Cl)c(-n2c(=S)[nH]c3cc(I)c(F)cc32)c1. The summed E-state index contributed by atoms with van der Waals surface area (Å²) in [6.45, 7) is 0. The van der Waals surface area contributed by atoms with Crippen molar-refractivity contribution in [1.82, 2.24) is 9.55 Å². The van der Waals surface area contributed by atoms with Gasteiger partial charge in [-0.05, 0) is 59.1 Å². The molecule has 0 saturated heterocycles. The van der Waals surface area contributed by atoms with E-state index < -0.39 is 0 Å². The third kappa shape index (κ3) is 2.46. The number of imidazole rings is 1. The molecule has 0 fully saturated rings. The molecule has 104 valence electrons. The van der Waals surface area contributed by atoms with E-state index in [4.69, 9.17) is 29.1 Å². The van der Waals surface area contributed by atoms with Crippen LogP contribution >= 0.6 is 46.4 Å². The third-order valence-electron chi connectivity index (χ3n) is 3.04. The Morgan fingerprint density at radius 1 is 1.33 bits per heavy atom. The van der Waals surface area contributed by atoms with Crippen molar-refractivity contribution in [2.24, 2.45) is 0 Å². The first-order valence-electron chi connectivity index (χ1n) is 5.81. The molecule has 0 aliphatic heterocycles. The first-order chi connectivity index (χ1) is 10.0. The van der Waals surface area contributed by atoms with Gasteiger partial charge in [-0.25, -0.2) is 4.39 Å². The highest BCUT2D eigenvalue weighted by Crippen LogP contribution is 2.28. The number of rotatable bonds is 1. The summed E-state index contributed by atoms with van der Waals surface area (Å²) in [6.07, 6.45) is 0. The van der Waals surface area contributed by atoms with Crippen molar-refractivity contribution in [3.8, 4) is 11.8 Å². The number of nitrogens with one attached hydrogen (secondary N) is 1. The van der Waals surface area contributed by atoms with Crippen LogP contribution in [0.25, 0.3) is 16.7 Å². The van der Waals surface area contributed by atoms with Crippen LogP contribution in [0.2, 0.25) is 5.02 Å². The van der Waals surface area contributed by atoms with E-state index in [1.165, 1.54) is 6.07 Å². The van der Waals surface area contributed by atoms with Gasteiger partial charge in [-0.15, -0.1) is 0 Å². The van der Waals surface area contributed by atoms with E-state index >= 15 is 0 Å². The minimum absolute atomic E-state index is 0.335. The van der Waals surface area contributed by atoms with Gasteiger partial charge in [0.05, 0.1) is 36.9 Å². The van der Waals surface area contributed by atoms with Crippen molar-refractivity contribution in [2.75, 3.05) is 0 Å². The standard InChI is InChI=1S/C14H6ClFIN3S/c15-8-2-1-7(6-18)3-12(8)20-13-4-9(16)10(17)5-11(13)19-14(20)21/h1-5H,(H,19,21). The van der Waals surface area contributed by atoms with Gasteiger partial charge in [0, 0.05) is 6.07 Å². The van der Waals surface area contributed by atoms with Crippen LogP contribution in [0.4, 0.5) is 4.39 Å². The van der Waals surface area contributed by atoms with Crippen LogP contribution in [0.1, 0.15) is 5.56 Å². The highest BCUT2D eigenvalue weighted by Gasteiger charge is 2.13. The van der Waals surface area contributed by atoms with Crippen LogP contribution in [-0.2, 0) is 0 Å². The van der Waals surface area contributed by atoms with Gasteiger partial charge in [-0.3, -0.25) is 4.57 Å². The van der Waals surface area contributed by atoms with Gasteiger partial charge in [-0.1, -0.05) is 11.6 Å². The second-order valence-electron chi connectivity index (χ2n) is 4.33. The lowest BCUT2D eigenvalue weighted by atomic mass is 10.2. The summed E-state index contributed by atoms with van der Waals surface area (Å²) >= 11 is 13.4. The molecule has 1 heterocycles. The Morgan fingerprint density at radius 2 is 2.10 bits per heavy atom. The fourth-order valence-electron chi connectivity index (χ4n) is 2.09. The maximum absolute atomic E-state index is 13.8. The highest BCUT2D eigenvalue weighted by atomic mass is 127. The van der Waals surface area contributed by atoms with E-state index in [2.05, 4.69) is 11.1 Å². The molecule has 1 aromatic heterocycles. The lowest BCUT2D eigenvalue weighted by Crippen LogP contribution is -1.96. The lowest BCUT2D eigenvalue weighted by molar-refractivity contribution is 0.622. The van der Waals surface area contributed by atoms with E-state index in [1.807, 2.05) is 22.6 Å². The maximum atomic E-state index is 13.8. The molecule has 1 N–H and O–H groups in total. The lowest BCUT2D eigenvalue weighted by Gasteiger charge is -2.08. The Bertz CT molecular complexity index is 971. The number of halogens is 3. The van der Waals surface area contributed by atoms with E-state index in [-0.39, 0.29) is 5.82 Å². The van der Waals surface area contributed by atoms with Crippen molar-refractivity contribution in [3.05, 3.63) is 55.1 Å². The molecule has 0 radical (unpaired) electrons. The fourth-order valence-corrected chi connectivity index (χ4v) is 3.07. The van der Waals surface area contributed by atoms with Crippen molar-refractivity contribution >= 4 is 57.4 Å². The van der Waals surface area contributed by atoms with Crippen LogP contribution in [0, 0.1) is 25.5 Å². The van der Waals surface area contributed by atoms with Gasteiger partial charge in [0.25, 0.3) is 0 Å². The van der Waals surface area contributed by atoms with Crippen molar-refractivity contribution < 1.29 is 4.39 Å². The van der Waals surface area contributed by atoms with Gasteiger partial charge >= 0.3 is 0 Å². The van der Waals surface area contributed by atoms with E-state index in [1.54, 1.807) is 28.8 Å². The molecule has 0 aliphatic carbocycles. The van der Waals surface area contributed by atoms with Gasteiger partial charge in [0.1, 0.15) is 5.82 Å². The summed E-state index contributed by atoms with van der Waals surface area (Å²) in [6, 6.07) is 10.0. The molecule has 2 aromatic carbocycles. The number of nitrogens with zero attached hydrogens (tertiary/aromatic N) is 2. The first-order valence-corrected chi connectivity index (χ1v) is 7.67. The van der Waals surface area contributed by atoms with Gasteiger partial charge in [0.15, 0.2) is 4.77 Å². The topological polar surface area (TPSA) is 44.5 Å². The molecule has 0 saturated carbocycles. The zero-order chi connectivity index (χ0) is 15.1. The summed E-state index contributed by atoms with van der Waals surface area (Å²) < 4.78 is 16.4. The number of nitriles is 1. The molecule has 0 atom stereocenters. The van der Waals surface area contributed by atoms with E-state index in [0.717, 1.165) is 0 Å². The number of aromatic amines is 1. The highest BCUT2D eigenvalue weighted by molar-refractivity contribution is 14.1. The normalized spacial score (nSPS) is 10.8. The minimum Gasteiger partial charge on any atom is -0.330 e. The van der Waals surface area contributed by atoms with Crippen molar-refractivity contribution in [3.63, 3.8) is 0 Å². The molecular weight excluding hydrogens is 424 g/mol. The average molecular weight is 430 g/mol. The minimum atomic E-state index is -0.335. The Balaban J connectivity index is 2.41. The molecule has 0 spiro atoms. The summed E-state index contributed by atoms with van der Waals surface area (Å²) in [4.78, 5) is 3.02. The summed E-state index contributed by atoms with van der Waals surface area (Å²) in [5.41, 5.74) is 2.29. The molecule has 0 aliphatic rings. The van der Waals surface area contributed by atoms with Crippen molar-refractivity contribution in [2.45, 2.75) is 0 Å². The Kier molecular flexibility index (Phi) is 3.73. The van der Waals surface area contributed by atoms with Gasteiger partial charge < -0.3 is 4.98 Å². The molecule has 3 nitrogen and oxygen atoms in total. The number of hydrogen-bond donors (Lipinski definition) is 1. The number of aromatic nitrogens is 2. The predicted molar refractivity (Wildman–Crippen MR) is 90.9 cm³/mol. The molecular formula is C14H6ClFIN3S. The zero-order valence-corrected chi connectivity index (χ0v) is 14.1. The van der Waals surface area contributed by atoms with Crippen LogP contribution < -0.4 is 0 Å². The quantitative estimate of drug-likeness (QED) is 0.439. The molecule has 21 heavy (non-hydrogen) atoms. The van der Waals surface area contributed by atoms with Crippen LogP contribution in [-0.4, -0.2) is 9.55 Å². The number of fused-ring (bicyclic) bond motifs is 1. The number of hydrogen-bond acceptors (Lipinski definition) is 2. The Morgan fingerprint density at radius 3 is 2.81 bits per heavy atom. The van der Waals surface area contributed by atoms with Crippen LogP contribution in [0.3, 0.4) is 0 Å². The summed E-state index contributed by atoms with van der Waals surface area (Å²) in [5.74, 6) is -0.335. The molecule has 3 rings (SSSR count). The number of H-pyrrole nitrogens is 1. The maximum Gasteiger partial charge on any atom is 0.182 e. The van der Waals surface area contributed by atoms with E-state index in [9.17, 15) is 4.39 Å². The largest absolute Gasteiger partial charge is 0.330 e. The molecule has 0 amide bonds. The van der Waals surface area contributed by atoms with Crippen LogP contribution in [0.5, 0.6) is 0 Å². The third-order valence-corrected chi connectivity index (χ3v) is 4.47. The first kappa shape index (κ1) is 14.5. The summed E-state index contributed by atoms with van der Waals surface area (Å²) in [5, 5.41) is 9.45. The van der Waals surface area contributed by atoms with E-state index in [0.29, 0.717) is 35.6 Å². The smallest absolute Gasteiger partial charge is 0.182 e. The number of benzene rings is 2. The Labute approximate surface area is 143 Å². The molecule has 7 heteroatoms. The van der Waals surface area contributed by atoms with Crippen molar-refractivity contribution in [1.29, 1.82) is 5.26 Å². The zero-order valence-electron chi connectivity index (χ0n) is 10.3. The predicted octanol–water partition coefficient (Wildman–Crippen LogP) is 4.96. The fraction of sp³-hybridized carbons (Fsp3) is 0. The average Bonchev–Trinajstić information content (AvgIpc) is 2.75. The second kappa shape index (κ2) is 5.40. The monoisotopic (exact) mass is 429 g/mol. The van der Waals surface area contributed by atoms with Gasteiger partial charge in [-0.2, -0.15) is 5.26 Å². The molecule has 0 bridgehead atoms. The molecule has 3 aromatic rings. The van der Waals surface area contributed by atoms with Gasteiger partial charge in [0.2, 0.25) is 0 Å².